The van der Waals surface area contributed by atoms with Gasteiger partial charge in [0.05, 0.1) is 24.2 Å². The molecule has 2 amide bonds. The number of benzene rings is 1. The summed E-state index contributed by atoms with van der Waals surface area (Å²) in [4.78, 5) is 22.5. The lowest BCUT2D eigenvalue weighted by Crippen LogP contribution is -2.39. The van der Waals surface area contributed by atoms with Crippen LogP contribution in [0, 0.1) is 0 Å². The quantitative estimate of drug-likeness (QED) is 0.472. The molecule has 1 unspecified atom stereocenters. The van der Waals surface area contributed by atoms with E-state index in [4.69, 9.17) is 9.15 Å². The molecule has 0 radical (unpaired) electrons. The van der Waals surface area contributed by atoms with Crippen molar-refractivity contribution < 1.29 is 13.9 Å². The number of hydrogen-bond acceptors (Lipinski definition) is 6. The van der Waals surface area contributed by atoms with Crippen LogP contribution in [0.1, 0.15) is 23.1 Å². The van der Waals surface area contributed by atoms with Crippen molar-refractivity contribution in [3.63, 3.8) is 0 Å². The zero-order chi connectivity index (χ0) is 20.9. The Balaban J connectivity index is 1.48. The molecule has 4 aromatic rings. The highest BCUT2D eigenvalue weighted by atomic mass is 32.1. The molecule has 0 spiro atoms. The Morgan fingerprint density at radius 3 is 2.90 bits per heavy atom. The number of hydrogen-bond donors (Lipinski definition) is 2. The summed E-state index contributed by atoms with van der Waals surface area (Å²) in [6, 6.07) is 10.6. The second-order valence-electron chi connectivity index (χ2n) is 6.52. The zero-order valence-corrected chi connectivity index (χ0v) is 17.3. The van der Waals surface area contributed by atoms with E-state index >= 15 is 0 Å². The lowest BCUT2D eigenvalue weighted by molar-refractivity contribution is 0.237. The van der Waals surface area contributed by atoms with Crippen molar-refractivity contribution in [1.29, 1.82) is 0 Å². The molecule has 4 rings (SSSR count). The number of amides is 2. The lowest BCUT2D eigenvalue weighted by atomic mass is 10.0. The van der Waals surface area contributed by atoms with Gasteiger partial charge in [-0.05, 0) is 17.5 Å². The van der Waals surface area contributed by atoms with E-state index in [0.29, 0.717) is 23.2 Å². The van der Waals surface area contributed by atoms with Gasteiger partial charge in [-0.2, -0.15) is 0 Å². The van der Waals surface area contributed by atoms with Gasteiger partial charge in [0.25, 0.3) is 0 Å². The predicted octanol–water partition coefficient (Wildman–Crippen LogP) is 3.73. The van der Waals surface area contributed by atoms with E-state index in [9.17, 15) is 4.79 Å². The number of thiophene rings is 1. The molecule has 8 nitrogen and oxygen atoms in total. The molecule has 9 heteroatoms. The summed E-state index contributed by atoms with van der Waals surface area (Å²) in [5.74, 6) is 1.90. The first-order valence-electron chi connectivity index (χ1n) is 9.28. The van der Waals surface area contributed by atoms with E-state index in [-0.39, 0.29) is 12.6 Å². The summed E-state index contributed by atoms with van der Waals surface area (Å²) >= 11 is 1.55. The average Bonchev–Trinajstić information content (AvgIpc) is 3.52. The van der Waals surface area contributed by atoms with Gasteiger partial charge in [-0.25, -0.2) is 14.8 Å². The molecule has 3 heterocycles. The molecule has 1 aromatic carbocycles. The number of nitrogens with one attached hydrogen (secondary N) is 2. The van der Waals surface area contributed by atoms with E-state index in [1.54, 1.807) is 30.9 Å². The summed E-state index contributed by atoms with van der Waals surface area (Å²) in [5, 5.41) is 7.77. The second-order valence-corrected chi connectivity index (χ2v) is 7.47. The number of oxazole rings is 1. The van der Waals surface area contributed by atoms with Crippen molar-refractivity contribution in [3.05, 3.63) is 77.5 Å². The maximum absolute atomic E-state index is 12.7. The number of nitrogens with zero attached hydrogens (tertiary/aromatic N) is 3. The van der Waals surface area contributed by atoms with Crippen LogP contribution in [0.3, 0.4) is 0 Å². The summed E-state index contributed by atoms with van der Waals surface area (Å²) in [7, 11) is 3.48. The molecule has 1 atom stereocenters. The standard InChI is InChI=1S/C21H21N5O3S/c1-26-10-9-22-19(26)18(15-6-3-4-7-16(15)28-2)25-21(27)23-12-14-13-29-20(24-14)17-8-5-11-30-17/h3-11,13,18H,12H2,1-2H3,(H2,23,25,27). The van der Waals surface area contributed by atoms with Gasteiger partial charge in [-0.15, -0.1) is 11.3 Å². The number of imidazole rings is 1. The number of ether oxygens (including phenoxy) is 1. The number of carbonyl (C=O) groups is 1. The van der Waals surface area contributed by atoms with Gasteiger partial charge < -0.3 is 24.4 Å². The fourth-order valence-corrected chi connectivity index (χ4v) is 3.75. The first kappa shape index (κ1) is 19.7. The van der Waals surface area contributed by atoms with E-state index in [1.165, 1.54) is 0 Å². The maximum atomic E-state index is 12.7. The molecule has 2 N–H and O–H groups in total. The first-order chi connectivity index (χ1) is 14.7. The molecule has 0 aliphatic heterocycles. The topological polar surface area (TPSA) is 94.2 Å². The van der Waals surface area contributed by atoms with Crippen molar-refractivity contribution in [2.24, 2.45) is 7.05 Å². The molecule has 3 aromatic heterocycles. The van der Waals surface area contributed by atoms with Crippen molar-refractivity contribution in [2.75, 3.05) is 7.11 Å². The van der Waals surface area contributed by atoms with Gasteiger partial charge in [0.2, 0.25) is 5.89 Å². The van der Waals surface area contributed by atoms with E-state index < -0.39 is 6.04 Å². The van der Waals surface area contributed by atoms with Gasteiger partial charge in [-0.1, -0.05) is 24.3 Å². The summed E-state index contributed by atoms with van der Waals surface area (Å²) < 4.78 is 12.8. The van der Waals surface area contributed by atoms with Gasteiger partial charge in [0, 0.05) is 25.0 Å². The molecule has 0 bridgehead atoms. The fraction of sp³-hybridized carbons (Fsp3) is 0.190. The van der Waals surface area contributed by atoms with Crippen LogP contribution >= 0.6 is 11.3 Å². The van der Waals surface area contributed by atoms with Crippen LogP contribution in [0.25, 0.3) is 10.8 Å². The summed E-state index contributed by atoms with van der Waals surface area (Å²) in [6.07, 6.45) is 5.07. The van der Waals surface area contributed by atoms with Crippen LogP contribution in [-0.4, -0.2) is 27.7 Å². The minimum atomic E-state index is -0.486. The van der Waals surface area contributed by atoms with Crippen molar-refractivity contribution in [1.82, 2.24) is 25.2 Å². The number of rotatable bonds is 7. The number of aromatic nitrogens is 3. The molecule has 0 saturated heterocycles. The summed E-state index contributed by atoms with van der Waals surface area (Å²) in [6.45, 7) is 0.236. The molecule has 30 heavy (non-hydrogen) atoms. The van der Waals surface area contributed by atoms with Crippen LogP contribution in [0.15, 0.2) is 64.9 Å². The van der Waals surface area contributed by atoms with Gasteiger partial charge in [-0.3, -0.25) is 0 Å². The highest BCUT2D eigenvalue weighted by Gasteiger charge is 2.23. The van der Waals surface area contributed by atoms with Crippen molar-refractivity contribution in [3.8, 4) is 16.5 Å². The lowest BCUT2D eigenvalue weighted by Gasteiger charge is -2.21. The first-order valence-corrected chi connectivity index (χ1v) is 10.2. The van der Waals surface area contributed by atoms with Gasteiger partial charge in [0.1, 0.15) is 23.9 Å². The van der Waals surface area contributed by atoms with Crippen LogP contribution < -0.4 is 15.4 Å². The van der Waals surface area contributed by atoms with Crippen molar-refractivity contribution >= 4 is 17.4 Å². The maximum Gasteiger partial charge on any atom is 0.315 e. The van der Waals surface area contributed by atoms with Gasteiger partial charge >= 0.3 is 6.03 Å². The van der Waals surface area contributed by atoms with Crippen LogP contribution in [-0.2, 0) is 13.6 Å². The van der Waals surface area contributed by atoms with E-state index in [0.717, 1.165) is 10.4 Å². The number of para-hydroxylation sites is 1. The van der Waals surface area contributed by atoms with E-state index in [1.807, 2.05) is 59.6 Å². The monoisotopic (exact) mass is 423 g/mol. The number of carbonyl (C=O) groups excluding carboxylic acids is 1. The Bertz CT molecular complexity index is 1120. The van der Waals surface area contributed by atoms with E-state index in [2.05, 4.69) is 20.6 Å². The fourth-order valence-electron chi connectivity index (χ4n) is 3.10. The smallest absolute Gasteiger partial charge is 0.315 e. The molecule has 0 saturated carbocycles. The minimum Gasteiger partial charge on any atom is -0.496 e. The Kier molecular flexibility index (Phi) is 5.80. The Morgan fingerprint density at radius 1 is 1.30 bits per heavy atom. The normalized spacial score (nSPS) is 11.8. The Morgan fingerprint density at radius 2 is 2.17 bits per heavy atom. The minimum absolute atomic E-state index is 0.236. The van der Waals surface area contributed by atoms with Crippen LogP contribution in [0.5, 0.6) is 5.75 Å². The van der Waals surface area contributed by atoms with Gasteiger partial charge in [0.15, 0.2) is 0 Å². The zero-order valence-electron chi connectivity index (χ0n) is 16.5. The largest absolute Gasteiger partial charge is 0.496 e. The summed E-state index contributed by atoms with van der Waals surface area (Å²) in [5.41, 5.74) is 1.45. The number of urea groups is 1. The molecule has 154 valence electrons. The third-order valence-electron chi connectivity index (χ3n) is 4.56. The molecular weight excluding hydrogens is 402 g/mol. The Labute approximate surface area is 177 Å². The molecular formula is C21H21N5O3S. The van der Waals surface area contributed by atoms with Crippen molar-refractivity contribution in [2.45, 2.75) is 12.6 Å². The number of methoxy groups -OCH3 is 1. The molecule has 0 fully saturated rings. The molecule has 0 aliphatic rings. The number of aryl methyl sites for hydroxylation is 1. The highest BCUT2D eigenvalue weighted by molar-refractivity contribution is 7.13. The third-order valence-corrected chi connectivity index (χ3v) is 5.41. The Hall–Kier alpha value is -3.59. The second kappa shape index (κ2) is 8.83. The SMILES string of the molecule is COc1ccccc1C(NC(=O)NCc1coc(-c2cccs2)n1)c1nccn1C. The highest BCUT2D eigenvalue weighted by Crippen LogP contribution is 2.29. The predicted molar refractivity (Wildman–Crippen MR) is 113 cm³/mol. The van der Waals surface area contributed by atoms with Crippen LogP contribution in [0.4, 0.5) is 4.79 Å². The molecule has 0 aliphatic carbocycles. The average molecular weight is 423 g/mol. The van der Waals surface area contributed by atoms with Crippen LogP contribution in [0.2, 0.25) is 0 Å². The third kappa shape index (κ3) is 4.20.